The normalized spacial score (nSPS) is 14.2. The highest BCUT2D eigenvalue weighted by Gasteiger charge is 2.30. The lowest BCUT2D eigenvalue weighted by Gasteiger charge is -2.22. The van der Waals surface area contributed by atoms with E-state index in [0.717, 1.165) is 0 Å². The smallest absolute Gasteiger partial charge is 0.155 e. The Morgan fingerprint density at radius 3 is 2.16 bits per heavy atom. The number of hydrogen-bond donors (Lipinski definition) is 0. The summed E-state index contributed by atoms with van der Waals surface area (Å²) in [5.74, 6) is 0. The van der Waals surface area contributed by atoms with Crippen molar-refractivity contribution >= 4 is 39.6 Å². The average Bonchev–Trinajstić information content (AvgIpc) is 2.47. The van der Waals surface area contributed by atoms with Crippen LogP contribution >= 0.6 is 11.1 Å². The second-order valence-corrected chi connectivity index (χ2v) is 10.3. The van der Waals surface area contributed by atoms with Gasteiger partial charge in [0.15, 0.2) is 0 Å². The largest absolute Gasteiger partial charge is 0.214 e. The molecule has 0 spiro atoms. The summed E-state index contributed by atoms with van der Waals surface area (Å²) < 4.78 is 0. The van der Waals surface area contributed by atoms with Gasteiger partial charge in [-0.25, -0.2) is 0 Å². The first kappa shape index (κ1) is 12.5. The number of benzene rings is 3. The summed E-state index contributed by atoms with van der Waals surface area (Å²) in [6.45, 7) is 2.20. The maximum absolute atomic E-state index is 7.00. The van der Waals surface area contributed by atoms with E-state index >= 15 is 0 Å². The quantitative estimate of drug-likeness (QED) is 0.496. The van der Waals surface area contributed by atoms with Gasteiger partial charge in [0.25, 0.3) is 0 Å². The summed E-state index contributed by atoms with van der Waals surface area (Å²) in [5, 5.41) is 5.08. The molecule has 0 bridgehead atoms. The van der Waals surface area contributed by atoms with E-state index in [-0.39, 0.29) is 0 Å². The van der Waals surface area contributed by atoms with Crippen molar-refractivity contribution in [3.63, 3.8) is 0 Å². The van der Waals surface area contributed by atoms with Crippen LogP contribution in [0, 0.1) is 0 Å². The Morgan fingerprint density at radius 1 is 0.737 bits per heavy atom. The number of rotatable bonds is 2. The van der Waals surface area contributed by atoms with Crippen LogP contribution in [0.1, 0.15) is 0 Å². The van der Waals surface area contributed by atoms with Crippen molar-refractivity contribution in [1.82, 2.24) is 0 Å². The average molecular weight is 283 g/mol. The minimum absolute atomic E-state index is 1.26. The van der Waals surface area contributed by atoms with Gasteiger partial charge in [0, 0.05) is 0 Å². The van der Waals surface area contributed by atoms with E-state index in [1.54, 1.807) is 0 Å². The van der Waals surface area contributed by atoms with E-state index < -0.39 is 7.38 Å². The summed E-state index contributed by atoms with van der Waals surface area (Å²) in [4.78, 5) is 0. The first-order valence-electron chi connectivity index (χ1n) is 6.42. The van der Waals surface area contributed by atoms with Gasteiger partial charge in [-0.2, -0.15) is 11.1 Å². The fraction of sp³-hybridized carbons (Fsp3) is 0.0588. The molecule has 0 fully saturated rings. The summed E-state index contributed by atoms with van der Waals surface area (Å²) >= 11 is 7.00. The molecule has 0 radical (unpaired) electrons. The van der Waals surface area contributed by atoms with Crippen LogP contribution in [0.25, 0.3) is 10.8 Å². The molecule has 19 heavy (non-hydrogen) atoms. The molecule has 1 unspecified atom stereocenters. The van der Waals surface area contributed by atoms with Gasteiger partial charge in [-0.1, -0.05) is 72.8 Å². The molecule has 0 aliphatic rings. The van der Waals surface area contributed by atoms with E-state index in [1.165, 1.54) is 21.1 Å². The lowest BCUT2D eigenvalue weighted by molar-refractivity contribution is 1.73. The zero-order chi connectivity index (χ0) is 13.3. The Balaban J connectivity index is 2.24. The van der Waals surface area contributed by atoms with Gasteiger partial charge in [0.1, 0.15) is 0 Å². The van der Waals surface area contributed by atoms with Crippen molar-refractivity contribution in [1.29, 1.82) is 0 Å². The molecule has 3 rings (SSSR count). The molecule has 0 aliphatic carbocycles. The van der Waals surface area contributed by atoms with Crippen LogP contribution in [0.5, 0.6) is 0 Å². The highest BCUT2D eigenvalue weighted by Crippen LogP contribution is 2.18. The van der Waals surface area contributed by atoms with E-state index in [4.69, 9.17) is 11.1 Å². The Morgan fingerprint density at radius 2 is 1.37 bits per heavy atom. The van der Waals surface area contributed by atoms with Crippen molar-refractivity contribution in [2.45, 2.75) is 6.55 Å². The van der Waals surface area contributed by atoms with Crippen LogP contribution in [-0.4, -0.2) is 7.38 Å². The molecular formula is C17H15ClSi. The summed E-state index contributed by atoms with van der Waals surface area (Å²) in [7, 11) is -2.15. The van der Waals surface area contributed by atoms with Gasteiger partial charge in [-0.3, -0.25) is 0 Å². The number of hydrogen-bond acceptors (Lipinski definition) is 0. The molecule has 0 aliphatic heterocycles. The SMILES string of the molecule is C[Si](Cl)(c1ccccc1)c1cccc2ccccc12. The summed E-state index contributed by atoms with van der Waals surface area (Å²) in [5.41, 5.74) is 0. The van der Waals surface area contributed by atoms with Gasteiger partial charge in [0.2, 0.25) is 7.38 Å². The molecule has 0 amide bonds. The van der Waals surface area contributed by atoms with Crippen molar-refractivity contribution in [3.05, 3.63) is 72.8 Å². The van der Waals surface area contributed by atoms with Gasteiger partial charge in [0.05, 0.1) is 0 Å². The highest BCUT2D eigenvalue weighted by molar-refractivity contribution is 7.34. The van der Waals surface area contributed by atoms with Crippen LogP contribution in [0.4, 0.5) is 0 Å². The first-order valence-corrected chi connectivity index (χ1v) is 9.93. The van der Waals surface area contributed by atoms with Crippen LogP contribution in [0.15, 0.2) is 72.8 Å². The van der Waals surface area contributed by atoms with Gasteiger partial charge >= 0.3 is 0 Å². The first-order chi connectivity index (χ1) is 9.19. The lowest BCUT2D eigenvalue weighted by atomic mass is 10.1. The minimum Gasteiger partial charge on any atom is -0.155 e. The molecule has 0 nitrogen and oxygen atoms in total. The Kier molecular flexibility index (Phi) is 3.17. The molecule has 3 aromatic rings. The van der Waals surface area contributed by atoms with Crippen molar-refractivity contribution in [2.24, 2.45) is 0 Å². The standard InChI is InChI=1S/C17H15ClSi/c1-19(18,15-10-3-2-4-11-15)17-13-7-9-14-8-5-6-12-16(14)17/h2-13H,1H3. The minimum atomic E-state index is -2.15. The van der Waals surface area contributed by atoms with E-state index in [2.05, 4.69) is 73.3 Å². The maximum Gasteiger partial charge on any atom is 0.214 e. The third kappa shape index (κ3) is 2.20. The monoisotopic (exact) mass is 282 g/mol. The third-order valence-corrected chi connectivity index (χ3v) is 7.74. The van der Waals surface area contributed by atoms with Crippen molar-refractivity contribution < 1.29 is 0 Å². The van der Waals surface area contributed by atoms with Crippen LogP contribution in [0.2, 0.25) is 6.55 Å². The van der Waals surface area contributed by atoms with Crippen molar-refractivity contribution in [2.75, 3.05) is 0 Å². The zero-order valence-corrected chi connectivity index (χ0v) is 12.6. The summed E-state index contributed by atoms with van der Waals surface area (Å²) in [6.07, 6.45) is 0. The predicted molar refractivity (Wildman–Crippen MR) is 87.1 cm³/mol. The Hall–Kier alpha value is -1.57. The fourth-order valence-electron chi connectivity index (χ4n) is 2.54. The molecule has 94 valence electrons. The van der Waals surface area contributed by atoms with E-state index in [0.29, 0.717) is 0 Å². The number of fused-ring (bicyclic) bond motifs is 1. The molecule has 0 aromatic heterocycles. The second-order valence-electron chi connectivity index (χ2n) is 4.90. The van der Waals surface area contributed by atoms with Crippen LogP contribution < -0.4 is 10.4 Å². The lowest BCUT2D eigenvalue weighted by Crippen LogP contribution is -2.50. The topological polar surface area (TPSA) is 0 Å². The van der Waals surface area contributed by atoms with E-state index in [9.17, 15) is 0 Å². The highest BCUT2D eigenvalue weighted by atomic mass is 35.6. The Bertz CT molecular complexity index is 699. The van der Waals surface area contributed by atoms with Crippen molar-refractivity contribution in [3.8, 4) is 0 Å². The Labute approximate surface area is 119 Å². The second kappa shape index (κ2) is 4.84. The van der Waals surface area contributed by atoms with Crippen LogP contribution in [-0.2, 0) is 0 Å². The number of halogens is 1. The zero-order valence-electron chi connectivity index (χ0n) is 10.8. The third-order valence-electron chi connectivity index (χ3n) is 3.61. The van der Waals surface area contributed by atoms with Gasteiger partial charge < -0.3 is 0 Å². The summed E-state index contributed by atoms with van der Waals surface area (Å²) in [6, 6.07) is 25.3. The molecule has 0 saturated carbocycles. The fourth-order valence-corrected chi connectivity index (χ4v) is 5.69. The van der Waals surface area contributed by atoms with Crippen LogP contribution in [0.3, 0.4) is 0 Å². The maximum atomic E-state index is 7.00. The van der Waals surface area contributed by atoms with Gasteiger partial charge in [-0.15, -0.1) is 0 Å². The molecule has 0 saturated heterocycles. The molecule has 1 atom stereocenters. The van der Waals surface area contributed by atoms with E-state index in [1.807, 2.05) is 6.07 Å². The van der Waals surface area contributed by atoms with Gasteiger partial charge in [-0.05, 0) is 27.7 Å². The molecule has 0 N–H and O–H groups in total. The predicted octanol–water partition coefficient (Wildman–Crippen LogP) is 3.77. The molecular weight excluding hydrogens is 268 g/mol. The molecule has 2 heteroatoms. The molecule has 3 aromatic carbocycles. The molecule has 0 heterocycles.